The minimum Gasteiger partial charge on any atom is -0.507 e. The van der Waals surface area contributed by atoms with Crippen LogP contribution in [0, 0.1) is 6.92 Å². The van der Waals surface area contributed by atoms with Gasteiger partial charge in [0.1, 0.15) is 30.5 Å². The number of nitrogens with zero attached hydrogens (tertiary/aromatic N) is 3. The molecule has 0 radical (unpaired) electrons. The molecule has 2 aromatic heterocycles. The van der Waals surface area contributed by atoms with Gasteiger partial charge >= 0.3 is 11.9 Å². The molecule has 37 heavy (non-hydrogen) atoms. The summed E-state index contributed by atoms with van der Waals surface area (Å²) in [4.78, 5) is 48.9. The van der Waals surface area contributed by atoms with Crippen molar-refractivity contribution >= 4 is 39.9 Å². The highest BCUT2D eigenvalue weighted by atomic mass is 32.1. The summed E-state index contributed by atoms with van der Waals surface area (Å²) in [5.41, 5.74) is 1.02. The molecule has 188 valence electrons. The lowest BCUT2D eigenvalue weighted by Gasteiger charge is -2.23. The van der Waals surface area contributed by atoms with Crippen LogP contribution < -0.4 is 14.4 Å². The molecule has 1 N–H and O–H groups in total. The molecule has 11 heteroatoms. The Morgan fingerprint density at radius 1 is 1.22 bits per heavy atom. The number of ketones is 1. The van der Waals surface area contributed by atoms with Crippen LogP contribution in [-0.4, -0.2) is 52.6 Å². The van der Waals surface area contributed by atoms with Crippen LogP contribution in [0.4, 0.5) is 5.13 Å². The average Bonchev–Trinajstić information content (AvgIpc) is 3.43. The van der Waals surface area contributed by atoms with E-state index in [9.17, 15) is 19.5 Å². The first-order valence-corrected chi connectivity index (χ1v) is 12.1. The highest BCUT2D eigenvalue weighted by molar-refractivity contribution is 7.17. The number of benzene rings is 1. The molecular weight excluding hydrogens is 498 g/mol. The van der Waals surface area contributed by atoms with E-state index in [1.165, 1.54) is 23.4 Å². The number of thiazole rings is 1. The van der Waals surface area contributed by atoms with Gasteiger partial charge in [-0.1, -0.05) is 24.0 Å². The summed E-state index contributed by atoms with van der Waals surface area (Å²) in [6, 6.07) is 7.04. The number of hydrogen-bond acceptors (Lipinski definition) is 10. The van der Waals surface area contributed by atoms with Gasteiger partial charge in [0.05, 0.1) is 17.3 Å². The summed E-state index contributed by atoms with van der Waals surface area (Å²) in [5, 5.41) is 11.4. The molecule has 4 heterocycles. The molecule has 0 aliphatic carbocycles. The van der Waals surface area contributed by atoms with Gasteiger partial charge in [0, 0.05) is 18.0 Å². The Morgan fingerprint density at radius 2 is 1.95 bits per heavy atom. The third-order valence-electron chi connectivity index (χ3n) is 5.79. The second-order valence-corrected chi connectivity index (χ2v) is 9.08. The van der Waals surface area contributed by atoms with Crippen LogP contribution >= 0.6 is 11.3 Å². The molecule has 1 fully saturated rings. The van der Waals surface area contributed by atoms with Crippen molar-refractivity contribution in [1.29, 1.82) is 0 Å². The van der Waals surface area contributed by atoms with Crippen LogP contribution in [0.3, 0.4) is 0 Å². The van der Waals surface area contributed by atoms with E-state index >= 15 is 0 Å². The predicted molar refractivity (Wildman–Crippen MR) is 134 cm³/mol. The summed E-state index contributed by atoms with van der Waals surface area (Å²) in [5.74, 6) is -1.84. The van der Waals surface area contributed by atoms with Crippen LogP contribution in [0.25, 0.3) is 5.76 Å². The smallest absolute Gasteiger partial charge is 0.350 e. The zero-order valence-corrected chi connectivity index (χ0v) is 20.5. The number of aliphatic hydroxyl groups excluding tert-OH is 1. The van der Waals surface area contributed by atoms with Crippen LogP contribution in [0.5, 0.6) is 11.5 Å². The number of rotatable bonds is 6. The lowest BCUT2D eigenvalue weighted by molar-refractivity contribution is -0.132. The third-order valence-corrected chi connectivity index (χ3v) is 6.93. The van der Waals surface area contributed by atoms with E-state index in [2.05, 4.69) is 16.5 Å². The fraction of sp³-hybridized carbons (Fsp3) is 0.192. The minimum absolute atomic E-state index is 0.0164. The van der Waals surface area contributed by atoms with Gasteiger partial charge in [0.2, 0.25) is 0 Å². The van der Waals surface area contributed by atoms with Gasteiger partial charge in [0.15, 0.2) is 16.6 Å². The molecule has 5 rings (SSSR count). The zero-order chi connectivity index (χ0) is 26.1. The number of aryl methyl sites for hydroxylation is 1. The Bertz CT molecular complexity index is 1450. The average molecular weight is 520 g/mol. The van der Waals surface area contributed by atoms with Gasteiger partial charge in [-0.05, 0) is 42.8 Å². The molecule has 3 aromatic rings. The number of carbonyl (C=O) groups is 3. The summed E-state index contributed by atoms with van der Waals surface area (Å²) in [7, 11) is 0. The number of hydrogen-bond donors (Lipinski definition) is 1. The van der Waals surface area contributed by atoms with Crippen LogP contribution in [-0.2, 0) is 14.3 Å². The molecule has 1 amide bonds. The number of anilines is 1. The fourth-order valence-electron chi connectivity index (χ4n) is 4.11. The van der Waals surface area contributed by atoms with Crippen LogP contribution in [0.1, 0.15) is 32.5 Å². The molecule has 2 aliphatic heterocycles. The van der Waals surface area contributed by atoms with E-state index in [1.807, 2.05) is 0 Å². The van der Waals surface area contributed by atoms with Gasteiger partial charge in [-0.25, -0.2) is 9.78 Å². The van der Waals surface area contributed by atoms with Crippen molar-refractivity contribution < 1.29 is 33.7 Å². The lowest BCUT2D eigenvalue weighted by Crippen LogP contribution is -2.29. The molecule has 2 aliphatic rings. The molecule has 1 aromatic carbocycles. The van der Waals surface area contributed by atoms with E-state index in [0.29, 0.717) is 36.0 Å². The van der Waals surface area contributed by atoms with Crippen molar-refractivity contribution in [2.75, 3.05) is 24.7 Å². The maximum absolute atomic E-state index is 13.3. The first kappa shape index (κ1) is 24.2. The number of fused-ring (bicyclic) bond motifs is 1. The third kappa shape index (κ3) is 4.33. The number of pyridine rings is 1. The van der Waals surface area contributed by atoms with Crippen molar-refractivity contribution in [1.82, 2.24) is 9.97 Å². The van der Waals surface area contributed by atoms with E-state index in [-0.39, 0.29) is 33.5 Å². The van der Waals surface area contributed by atoms with E-state index < -0.39 is 23.7 Å². The molecule has 0 bridgehead atoms. The number of carbonyl (C=O) groups excluding carboxylic acids is 3. The van der Waals surface area contributed by atoms with E-state index in [0.717, 1.165) is 11.3 Å². The van der Waals surface area contributed by atoms with Gasteiger partial charge in [-0.15, -0.1) is 0 Å². The second-order valence-electron chi connectivity index (χ2n) is 8.11. The molecule has 1 saturated heterocycles. The number of amides is 1. The highest BCUT2D eigenvalue weighted by Gasteiger charge is 2.48. The molecule has 0 spiro atoms. The molecular formula is C26H21N3O7S. The second kappa shape index (κ2) is 9.86. The monoisotopic (exact) mass is 519 g/mol. The zero-order valence-electron chi connectivity index (χ0n) is 19.7. The molecule has 1 unspecified atom stereocenters. The quantitative estimate of drug-likeness (QED) is 0.171. The predicted octanol–water partition coefficient (Wildman–Crippen LogP) is 3.59. The Balaban J connectivity index is 1.63. The van der Waals surface area contributed by atoms with Crippen molar-refractivity contribution in [3.8, 4) is 11.5 Å². The number of ether oxygens (including phenoxy) is 3. The van der Waals surface area contributed by atoms with Crippen molar-refractivity contribution in [3.63, 3.8) is 0 Å². The van der Waals surface area contributed by atoms with Gasteiger partial charge in [0.25, 0.3) is 5.78 Å². The normalized spacial score (nSPS) is 18.1. The molecule has 1 atom stereocenters. The Hall–Kier alpha value is -4.51. The van der Waals surface area contributed by atoms with E-state index in [1.54, 1.807) is 37.3 Å². The van der Waals surface area contributed by atoms with Crippen molar-refractivity contribution in [3.05, 3.63) is 82.7 Å². The molecule has 10 nitrogen and oxygen atoms in total. The van der Waals surface area contributed by atoms with Gasteiger partial charge < -0.3 is 19.3 Å². The van der Waals surface area contributed by atoms with Crippen molar-refractivity contribution in [2.45, 2.75) is 13.0 Å². The SMILES string of the molecule is C=CCOC(=O)c1sc(N2C(=O)C(=O)/C(=C(/O)c3ccc4c(c3)OCCO4)C2c2ccncc2)nc1C. The molecule has 0 saturated carbocycles. The van der Waals surface area contributed by atoms with Gasteiger partial charge in [-0.2, -0.15) is 0 Å². The number of esters is 1. The summed E-state index contributed by atoms with van der Waals surface area (Å²) in [6.07, 6.45) is 4.48. The van der Waals surface area contributed by atoms with Crippen LogP contribution in [0.15, 0.2) is 61.0 Å². The maximum atomic E-state index is 13.3. The van der Waals surface area contributed by atoms with Gasteiger partial charge in [-0.3, -0.25) is 19.5 Å². The lowest BCUT2D eigenvalue weighted by atomic mass is 9.96. The first-order valence-electron chi connectivity index (χ1n) is 11.3. The maximum Gasteiger partial charge on any atom is 0.350 e. The Kier molecular flexibility index (Phi) is 6.45. The topological polar surface area (TPSA) is 128 Å². The largest absolute Gasteiger partial charge is 0.507 e. The fourth-order valence-corrected chi connectivity index (χ4v) is 5.10. The number of Topliss-reactive ketones (excluding diaryl/α,β-unsaturated/α-hetero) is 1. The summed E-state index contributed by atoms with van der Waals surface area (Å²) in [6.45, 7) is 5.90. The Morgan fingerprint density at radius 3 is 2.68 bits per heavy atom. The standard InChI is InChI=1S/C26H21N3O7S/c1-3-10-36-25(33)23-14(2)28-26(37-23)29-20(15-6-8-27-9-7-15)19(22(31)24(29)32)21(30)16-4-5-17-18(13-16)35-12-11-34-17/h3-9,13,20,30H,1,10-12H2,2H3/b21-19+. The number of aliphatic hydroxyl groups is 1. The summed E-state index contributed by atoms with van der Waals surface area (Å²) < 4.78 is 16.3. The van der Waals surface area contributed by atoms with Crippen LogP contribution in [0.2, 0.25) is 0 Å². The van der Waals surface area contributed by atoms with Crippen molar-refractivity contribution in [2.24, 2.45) is 0 Å². The minimum atomic E-state index is -1.02. The summed E-state index contributed by atoms with van der Waals surface area (Å²) >= 11 is 0.924. The first-order chi connectivity index (χ1) is 17.9. The van der Waals surface area contributed by atoms with E-state index in [4.69, 9.17) is 14.2 Å². The Labute approximate surface area is 215 Å². The number of aromatic nitrogens is 2. The highest BCUT2D eigenvalue weighted by Crippen LogP contribution is 2.44.